The molecule has 0 bridgehead atoms. The summed E-state index contributed by atoms with van der Waals surface area (Å²) in [6.07, 6.45) is 6.61. The third-order valence-corrected chi connectivity index (χ3v) is 3.52. The summed E-state index contributed by atoms with van der Waals surface area (Å²) in [6.45, 7) is 8.73. The molecular weight excluding hydrogens is 242 g/mol. The fraction of sp³-hybridized carbons (Fsp3) is 0.250. The van der Waals surface area contributed by atoms with Gasteiger partial charge in [0.25, 0.3) is 0 Å². The molecule has 18 heavy (non-hydrogen) atoms. The zero-order valence-electron chi connectivity index (χ0n) is 10.5. The zero-order chi connectivity index (χ0) is 13.0. The Morgan fingerprint density at radius 1 is 1.44 bits per heavy atom. The minimum atomic E-state index is 0.681. The highest BCUT2D eigenvalue weighted by Crippen LogP contribution is 2.25. The third kappa shape index (κ3) is 3.05. The number of aryl methyl sites for hydroxylation is 1. The molecule has 1 aliphatic heterocycles. The molecule has 0 amide bonds. The van der Waals surface area contributed by atoms with E-state index in [1.165, 1.54) is 23.2 Å². The van der Waals surface area contributed by atoms with Gasteiger partial charge in [-0.25, -0.2) is 0 Å². The summed E-state index contributed by atoms with van der Waals surface area (Å²) in [6, 6.07) is 6.55. The first-order valence-electron chi connectivity index (χ1n) is 6.23. The van der Waals surface area contributed by atoms with Gasteiger partial charge in [0.1, 0.15) is 0 Å². The highest BCUT2D eigenvalue weighted by Gasteiger charge is 2.09. The molecule has 1 aromatic rings. The van der Waals surface area contributed by atoms with Gasteiger partial charge in [0.2, 0.25) is 0 Å². The molecule has 94 valence electrons. The molecule has 1 aromatic carbocycles. The maximum absolute atomic E-state index is 6.10. The quantitative estimate of drug-likeness (QED) is 0.788. The number of allylic oxidation sites excluding steroid dienone is 4. The zero-order valence-corrected chi connectivity index (χ0v) is 11.3. The van der Waals surface area contributed by atoms with E-state index in [4.69, 9.17) is 11.6 Å². The summed E-state index contributed by atoms with van der Waals surface area (Å²) in [5, 5.41) is 4.09. The highest BCUT2D eigenvalue weighted by molar-refractivity contribution is 6.32. The van der Waals surface area contributed by atoms with Crippen LogP contribution in [0.3, 0.4) is 0 Å². The van der Waals surface area contributed by atoms with Crippen LogP contribution in [0.25, 0.3) is 0 Å². The lowest BCUT2D eigenvalue weighted by atomic mass is 9.97. The van der Waals surface area contributed by atoms with Crippen LogP contribution < -0.4 is 5.32 Å². The average Bonchev–Trinajstić information content (AvgIpc) is 2.39. The van der Waals surface area contributed by atoms with Crippen molar-refractivity contribution in [2.45, 2.75) is 19.3 Å². The molecule has 0 unspecified atom stereocenters. The molecule has 1 nitrogen and oxygen atoms in total. The fourth-order valence-corrected chi connectivity index (χ4v) is 2.35. The van der Waals surface area contributed by atoms with Crippen LogP contribution in [-0.2, 0) is 12.8 Å². The summed E-state index contributed by atoms with van der Waals surface area (Å²) in [7, 11) is 0. The fourth-order valence-electron chi connectivity index (χ4n) is 2.19. The van der Waals surface area contributed by atoms with E-state index < -0.39 is 0 Å². The van der Waals surface area contributed by atoms with Gasteiger partial charge < -0.3 is 5.32 Å². The Morgan fingerprint density at radius 2 is 2.28 bits per heavy atom. The predicted octanol–water partition coefficient (Wildman–Crippen LogP) is 4.45. The first-order chi connectivity index (χ1) is 8.70. The van der Waals surface area contributed by atoms with Gasteiger partial charge in [0.05, 0.1) is 0 Å². The van der Waals surface area contributed by atoms with Gasteiger partial charge in [-0.1, -0.05) is 43.0 Å². The standard InChI is InChI=1S/C16H18ClN/c1-3-5-15(17)12(2)10-13-7-8-16-14(11-13)6-4-9-18-16/h3,5,7-8,11,18H,1-2,4,6,9-10H2. The van der Waals surface area contributed by atoms with Crippen molar-refractivity contribution in [1.29, 1.82) is 0 Å². The number of fused-ring (bicyclic) bond motifs is 1. The molecule has 1 heterocycles. The monoisotopic (exact) mass is 259 g/mol. The molecule has 0 saturated heterocycles. The Labute approximate surface area is 114 Å². The largest absolute Gasteiger partial charge is 0.385 e. The van der Waals surface area contributed by atoms with E-state index in [2.05, 4.69) is 36.7 Å². The number of hydrogen-bond acceptors (Lipinski definition) is 1. The van der Waals surface area contributed by atoms with E-state index in [9.17, 15) is 0 Å². The lowest BCUT2D eigenvalue weighted by molar-refractivity contribution is 0.828. The van der Waals surface area contributed by atoms with Crippen LogP contribution >= 0.6 is 11.6 Å². The molecule has 2 heteroatoms. The molecule has 1 aliphatic rings. The van der Waals surface area contributed by atoms with Crippen molar-refractivity contribution in [2.75, 3.05) is 11.9 Å². The van der Waals surface area contributed by atoms with Crippen LogP contribution in [0.2, 0.25) is 0 Å². The van der Waals surface area contributed by atoms with Crippen LogP contribution in [-0.4, -0.2) is 6.54 Å². The number of hydrogen-bond donors (Lipinski definition) is 1. The summed E-state index contributed by atoms with van der Waals surface area (Å²) >= 11 is 6.10. The van der Waals surface area contributed by atoms with Gasteiger partial charge in [-0.05, 0) is 48.1 Å². The Morgan fingerprint density at radius 3 is 3.06 bits per heavy atom. The van der Waals surface area contributed by atoms with Gasteiger partial charge in [-0.3, -0.25) is 0 Å². The lowest BCUT2D eigenvalue weighted by Crippen LogP contribution is -2.11. The van der Waals surface area contributed by atoms with Crippen LogP contribution in [0.15, 0.2) is 54.1 Å². The first-order valence-corrected chi connectivity index (χ1v) is 6.60. The maximum atomic E-state index is 6.10. The van der Waals surface area contributed by atoms with Crippen LogP contribution in [0.5, 0.6) is 0 Å². The van der Waals surface area contributed by atoms with Crippen molar-refractivity contribution in [3.05, 3.63) is 65.2 Å². The van der Waals surface area contributed by atoms with Crippen LogP contribution in [0, 0.1) is 0 Å². The molecule has 0 spiro atoms. The van der Waals surface area contributed by atoms with Crippen molar-refractivity contribution in [1.82, 2.24) is 0 Å². The molecule has 0 atom stereocenters. The molecule has 0 saturated carbocycles. The van der Waals surface area contributed by atoms with Crippen molar-refractivity contribution >= 4 is 17.3 Å². The van der Waals surface area contributed by atoms with Crippen molar-refractivity contribution in [3.8, 4) is 0 Å². The van der Waals surface area contributed by atoms with Gasteiger partial charge in [0.15, 0.2) is 0 Å². The van der Waals surface area contributed by atoms with E-state index in [1.54, 1.807) is 12.2 Å². The molecule has 0 aliphatic carbocycles. The number of nitrogens with one attached hydrogen (secondary N) is 1. The Balaban J connectivity index is 2.13. The Kier molecular flexibility index (Phi) is 4.27. The van der Waals surface area contributed by atoms with E-state index in [1.807, 2.05) is 0 Å². The van der Waals surface area contributed by atoms with Crippen molar-refractivity contribution in [2.24, 2.45) is 0 Å². The molecule has 0 fully saturated rings. The summed E-state index contributed by atoms with van der Waals surface area (Å²) in [5.41, 5.74) is 4.86. The van der Waals surface area contributed by atoms with Gasteiger partial charge in [-0.15, -0.1) is 0 Å². The molecule has 0 radical (unpaired) electrons. The first kappa shape index (κ1) is 13.0. The Bertz CT molecular complexity index is 500. The third-order valence-electron chi connectivity index (χ3n) is 3.13. The second kappa shape index (κ2) is 5.92. The topological polar surface area (TPSA) is 12.0 Å². The minimum absolute atomic E-state index is 0.681. The second-order valence-electron chi connectivity index (χ2n) is 4.55. The van der Waals surface area contributed by atoms with Gasteiger partial charge >= 0.3 is 0 Å². The smallest absolute Gasteiger partial charge is 0.0435 e. The van der Waals surface area contributed by atoms with E-state index >= 15 is 0 Å². The van der Waals surface area contributed by atoms with Crippen molar-refractivity contribution in [3.63, 3.8) is 0 Å². The summed E-state index contributed by atoms with van der Waals surface area (Å²) < 4.78 is 0. The van der Waals surface area contributed by atoms with E-state index in [0.29, 0.717) is 5.03 Å². The molecule has 0 aromatic heterocycles. The van der Waals surface area contributed by atoms with Crippen LogP contribution in [0.1, 0.15) is 17.5 Å². The Hall–Kier alpha value is -1.47. The summed E-state index contributed by atoms with van der Waals surface area (Å²) in [4.78, 5) is 0. The lowest BCUT2D eigenvalue weighted by Gasteiger charge is -2.18. The number of anilines is 1. The van der Waals surface area contributed by atoms with Crippen LogP contribution in [0.4, 0.5) is 5.69 Å². The van der Waals surface area contributed by atoms with Gasteiger partial charge in [0, 0.05) is 17.3 Å². The minimum Gasteiger partial charge on any atom is -0.385 e. The highest BCUT2D eigenvalue weighted by atomic mass is 35.5. The molecular formula is C16H18ClN. The second-order valence-corrected chi connectivity index (χ2v) is 4.96. The SMILES string of the molecule is C=CC=C(Cl)C(=C)Cc1ccc2c(c1)CCCN2. The number of halogens is 1. The number of rotatable bonds is 4. The predicted molar refractivity (Wildman–Crippen MR) is 80.2 cm³/mol. The van der Waals surface area contributed by atoms with E-state index in [0.717, 1.165) is 25.0 Å². The molecule has 2 rings (SSSR count). The van der Waals surface area contributed by atoms with Gasteiger partial charge in [-0.2, -0.15) is 0 Å². The number of benzene rings is 1. The van der Waals surface area contributed by atoms with Crippen molar-refractivity contribution < 1.29 is 0 Å². The maximum Gasteiger partial charge on any atom is 0.0435 e. The average molecular weight is 260 g/mol. The normalized spacial score (nSPS) is 14.6. The summed E-state index contributed by atoms with van der Waals surface area (Å²) in [5.74, 6) is 0. The molecule has 1 N–H and O–H groups in total. The van der Waals surface area contributed by atoms with E-state index in [-0.39, 0.29) is 0 Å².